The van der Waals surface area contributed by atoms with Gasteiger partial charge < -0.3 is 14.5 Å². The molecular weight excluding hydrogens is 254 g/mol. The predicted molar refractivity (Wildman–Crippen MR) is 78.9 cm³/mol. The standard InChI is InChI=1S/C16H21NO3/c1-11-5-6-13-12(10-19-14(13)9-11)7-8-17-15(18)20-16(2,3)4/h5-6,9-10H,7-8H2,1-4H3,(H,17,18). The highest BCUT2D eigenvalue weighted by Crippen LogP contribution is 2.22. The van der Waals surface area contributed by atoms with E-state index in [1.165, 1.54) is 5.56 Å². The lowest BCUT2D eigenvalue weighted by atomic mass is 10.1. The number of hydrogen-bond donors (Lipinski definition) is 1. The number of furan rings is 1. The van der Waals surface area contributed by atoms with E-state index in [2.05, 4.69) is 17.4 Å². The number of carbonyl (C=O) groups is 1. The molecule has 1 N–H and O–H groups in total. The van der Waals surface area contributed by atoms with Crippen molar-refractivity contribution in [1.29, 1.82) is 0 Å². The molecule has 0 aliphatic carbocycles. The lowest BCUT2D eigenvalue weighted by molar-refractivity contribution is 0.0528. The Bertz CT molecular complexity index is 608. The van der Waals surface area contributed by atoms with Crippen molar-refractivity contribution >= 4 is 17.1 Å². The fourth-order valence-corrected chi connectivity index (χ4v) is 2.00. The van der Waals surface area contributed by atoms with Crippen LogP contribution in [0.4, 0.5) is 4.79 Å². The molecule has 1 heterocycles. The van der Waals surface area contributed by atoms with Crippen molar-refractivity contribution in [3.63, 3.8) is 0 Å². The van der Waals surface area contributed by atoms with Gasteiger partial charge in [0.25, 0.3) is 0 Å². The van der Waals surface area contributed by atoms with Crippen molar-refractivity contribution in [2.24, 2.45) is 0 Å². The topological polar surface area (TPSA) is 51.5 Å². The molecule has 0 saturated carbocycles. The molecule has 4 heteroatoms. The Balaban J connectivity index is 1.92. The van der Waals surface area contributed by atoms with Crippen molar-refractivity contribution in [2.75, 3.05) is 6.54 Å². The molecule has 0 spiro atoms. The van der Waals surface area contributed by atoms with Crippen LogP contribution < -0.4 is 5.32 Å². The first-order chi connectivity index (χ1) is 9.35. The van der Waals surface area contributed by atoms with Crippen molar-refractivity contribution in [3.8, 4) is 0 Å². The van der Waals surface area contributed by atoms with Gasteiger partial charge in [0.15, 0.2) is 0 Å². The third kappa shape index (κ3) is 3.76. The molecule has 108 valence electrons. The number of fused-ring (bicyclic) bond motifs is 1. The highest BCUT2D eigenvalue weighted by atomic mass is 16.6. The third-order valence-electron chi connectivity index (χ3n) is 2.87. The van der Waals surface area contributed by atoms with E-state index in [0.29, 0.717) is 6.54 Å². The SMILES string of the molecule is Cc1ccc2c(CCNC(=O)OC(C)(C)C)coc2c1. The molecule has 20 heavy (non-hydrogen) atoms. The second-order valence-corrected chi connectivity index (χ2v) is 5.94. The maximum absolute atomic E-state index is 11.5. The van der Waals surface area contributed by atoms with E-state index in [1.807, 2.05) is 33.8 Å². The van der Waals surface area contributed by atoms with Crippen LogP contribution in [0.15, 0.2) is 28.9 Å². The molecule has 0 atom stereocenters. The van der Waals surface area contributed by atoms with Crippen LogP contribution in [-0.4, -0.2) is 18.2 Å². The summed E-state index contributed by atoms with van der Waals surface area (Å²) in [7, 11) is 0. The lowest BCUT2D eigenvalue weighted by Gasteiger charge is -2.19. The van der Waals surface area contributed by atoms with E-state index >= 15 is 0 Å². The fourth-order valence-electron chi connectivity index (χ4n) is 2.00. The van der Waals surface area contributed by atoms with Crippen LogP contribution in [0.1, 0.15) is 31.9 Å². The normalized spacial score (nSPS) is 11.6. The van der Waals surface area contributed by atoms with E-state index < -0.39 is 5.60 Å². The van der Waals surface area contributed by atoms with Crippen LogP contribution in [-0.2, 0) is 11.2 Å². The van der Waals surface area contributed by atoms with Gasteiger partial charge in [-0.25, -0.2) is 4.79 Å². The highest BCUT2D eigenvalue weighted by Gasteiger charge is 2.15. The molecular formula is C16H21NO3. The van der Waals surface area contributed by atoms with Gasteiger partial charge in [-0.1, -0.05) is 12.1 Å². The molecule has 1 amide bonds. The Morgan fingerprint density at radius 2 is 2.10 bits per heavy atom. The summed E-state index contributed by atoms with van der Waals surface area (Å²) in [6.07, 6.45) is 2.08. The average Bonchev–Trinajstić information content (AvgIpc) is 2.69. The van der Waals surface area contributed by atoms with Crippen LogP contribution in [0, 0.1) is 6.92 Å². The van der Waals surface area contributed by atoms with Crippen LogP contribution in [0.3, 0.4) is 0 Å². The number of alkyl carbamates (subject to hydrolysis) is 1. The molecule has 0 bridgehead atoms. The molecule has 0 unspecified atom stereocenters. The van der Waals surface area contributed by atoms with Crippen LogP contribution >= 0.6 is 0 Å². The number of ether oxygens (including phenoxy) is 1. The molecule has 1 aromatic heterocycles. The van der Waals surface area contributed by atoms with Crippen molar-refractivity contribution < 1.29 is 13.9 Å². The van der Waals surface area contributed by atoms with E-state index in [1.54, 1.807) is 6.26 Å². The quantitative estimate of drug-likeness (QED) is 0.926. The van der Waals surface area contributed by atoms with E-state index in [-0.39, 0.29) is 6.09 Å². The number of amides is 1. The van der Waals surface area contributed by atoms with Gasteiger partial charge >= 0.3 is 6.09 Å². The highest BCUT2D eigenvalue weighted by molar-refractivity contribution is 5.81. The molecule has 0 aliphatic heterocycles. The first kappa shape index (κ1) is 14.4. The van der Waals surface area contributed by atoms with Gasteiger partial charge in [-0.2, -0.15) is 0 Å². The zero-order valence-corrected chi connectivity index (χ0v) is 12.4. The van der Waals surface area contributed by atoms with E-state index in [4.69, 9.17) is 9.15 Å². The minimum Gasteiger partial charge on any atom is -0.464 e. The summed E-state index contributed by atoms with van der Waals surface area (Å²) in [5.41, 5.74) is 2.68. The third-order valence-corrected chi connectivity index (χ3v) is 2.87. The molecule has 2 aromatic rings. The number of aryl methyl sites for hydroxylation is 1. The summed E-state index contributed by atoms with van der Waals surface area (Å²) in [6.45, 7) is 8.10. The van der Waals surface area contributed by atoms with Gasteiger partial charge in [0.05, 0.1) is 6.26 Å². The van der Waals surface area contributed by atoms with Crippen LogP contribution in [0.25, 0.3) is 11.0 Å². The summed E-state index contributed by atoms with van der Waals surface area (Å²) in [5, 5.41) is 3.85. The van der Waals surface area contributed by atoms with Gasteiger partial charge in [-0.3, -0.25) is 0 Å². The number of hydrogen-bond acceptors (Lipinski definition) is 3. The Morgan fingerprint density at radius 3 is 2.80 bits per heavy atom. The molecule has 2 rings (SSSR count). The van der Waals surface area contributed by atoms with Crippen LogP contribution in [0.2, 0.25) is 0 Å². The largest absolute Gasteiger partial charge is 0.464 e. The number of rotatable bonds is 3. The maximum Gasteiger partial charge on any atom is 0.407 e. The van der Waals surface area contributed by atoms with Gasteiger partial charge in [0, 0.05) is 11.9 Å². The number of carbonyl (C=O) groups excluding carboxylic acids is 1. The summed E-state index contributed by atoms with van der Waals surface area (Å²) < 4.78 is 10.7. The summed E-state index contributed by atoms with van der Waals surface area (Å²) >= 11 is 0. The second-order valence-electron chi connectivity index (χ2n) is 5.94. The molecule has 0 fully saturated rings. The molecule has 0 aliphatic rings. The molecule has 4 nitrogen and oxygen atoms in total. The zero-order valence-electron chi connectivity index (χ0n) is 12.4. The first-order valence-electron chi connectivity index (χ1n) is 6.79. The minimum absolute atomic E-state index is 0.388. The Hall–Kier alpha value is -1.97. The maximum atomic E-state index is 11.5. The monoisotopic (exact) mass is 275 g/mol. The van der Waals surface area contributed by atoms with Gasteiger partial charge in [-0.15, -0.1) is 0 Å². The van der Waals surface area contributed by atoms with E-state index in [9.17, 15) is 4.79 Å². The Morgan fingerprint density at radius 1 is 1.35 bits per heavy atom. The molecule has 0 saturated heterocycles. The zero-order chi connectivity index (χ0) is 14.8. The van der Waals surface area contributed by atoms with Crippen molar-refractivity contribution in [3.05, 3.63) is 35.6 Å². The Kier molecular flexibility index (Phi) is 4.02. The van der Waals surface area contributed by atoms with Gasteiger partial charge in [0.1, 0.15) is 11.2 Å². The average molecular weight is 275 g/mol. The second kappa shape index (κ2) is 5.57. The number of nitrogens with one attached hydrogen (secondary N) is 1. The summed E-state index contributed by atoms with van der Waals surface area (Å²) in [5.74, 6) is 0. The minimum atomic E-state index is -0.468. The van der Waals surface area contributed by atoms with Crippen molar-refractivity contribution in [2.45, 2.75) is 39.7 Å². The molecule has 1 aromatic carbocycles. The van der Waals surface area contributed by atoms with Gasteiger partial charge in [0.2, 0.25) is 0 Å². The fraction of sp³-hybridized carbons (Fsp3) is 0.438. The number of benzene rings is 1. The summed E-state index contributed by atoms with van der Waals surface area (Å²) in [4.78, 5) is 11.5. The summed E-state index contributed by atoms with van der Waals surface area (Å²) in [6, 6.07) is 6.12. The first-order valence-corrected chi connectivity index (χ1v) is 6.79. The van der Waals surface area contributed by atoms with Crippen LogP contribution in [0.5, 0.6) is 0 Å². The molecule has 0 radical (unpaired) electrons. The smallest absolute Gasteiger partial charge is 0.407 e. The predicted octanol–water partition coefficient (Wildman–Crippen LogP) is 3.81. The Labute approximate surface area is 119 Å². The van der Waals surface area contributed by atoms with E-state index in [0.717, 1.165) is 23.0 Å². The van der Waals surface area contributed by atoms with Crippen molar-refractivity contribution in [1.82, 2.24) is 5.32 Å². The van der Waals surface area contributed by atoms with Gasteiger partial charge in [-0.05, 0) is 51.3 Å². The lowest BCUT2D eigenvalue weighted by Crippen LogP contribution is -2.33.